The lowest BCUT2D eigenvalue weighted by Gasteiger charge is -2.06. The predicted molar refractivity (Wildman–Crippen MR) is 52.2 cm³/mol. The Morgan fingerprint density at radius 2 is 1.83 bits per heavy atom. The smallest absolute Gasteiger partial charge is 0.0458 e. The van der Waals surface area contributed by atoms with Gasteiger partial charge in [-0.15, -0.1) is 0 Å². The standard InChI is InChI=1S/C9H12BrNO/c1-6-3-8(5-11-12)4-7(2)9(6)10/h3-4,11-12H,5H2,1-2H3. The first-order valence-corrected chi connectivity index (χ1v) is 4.57. The van der Waals surface area contributed by atoms with Crippen LogP contribution in [0.25, 0.3) is 0 Å². The van der Waals surface area contributed by atoms with Gasteiger partial charge in [0.1, 0.15) is 0 Å². The molecule has 0 fully saturated rings. The van der Waals surface area contributed by atoms with Crippen LogP contribution in [0.5, 0.6) is 0 Å². The van der Waals surface area contributed by atoms with Crippen LogP contribution in [-0.4, -0.2) is 5.21 Å². The van der Waals surface area contributed by atoms with Gasteiger partial charge in [0.2, 0.25) is 0 Å². The summed E-state index contributed by atoms with van der Waals surface area (Å²) in [6, 6.07) is 4.08. The molecule has 0 atom stereocenters. The highest BCUT2D eigenvalue weighted by atomic mass is 79.9. The van der Waals surface area contributed by atoms with Crippen LogP contribution in [0.4, 0.5) is 0 Å². The third kappa shape index (κ3) is 2.06. The van der Waals surface area contributed by atoms with Gasteiger partial charge in [-0.3, -0.25) is 0 Å². The number of nitrogens with one attached hydrogen (secondary N) is 1. The molecule has 1 rings (SSSR count). The number of rotatable bonds is 2. The largest absolute Gasteiger partial charge is 0.316 e. The number of hydrogen-bond acceptors (Lipinski definition) is 2. The lowest BCUT2D eigenvalue weighted by molar-refractivity contribution is 0.161. The molecule has 0 amide bonds. The summed E-state index contributed by atoms with van der Waals surface area (Å²) in [5, 5.41) is 8.51. The summed E-state index contributed by atoms with van der Waals surface area (Å²) in [7, 11) is 0. The van der Waals surface area contributed by atoms with Crippen molar-refractivity contribution in [1.29, 1.82) is 0 Å². The van der Waals surface area contributed by atoms with Crippen molar-refractivity contribution >= 4 is 15.9 Å². The van der Waals surface area contributed by atoms with Gasteiger partial charge in [0.05, 0.1) is 0 Å². The van der Waals surface area contributed by atoms with Gasteiger partial charge in [-0.1, -0.05) is 28.1 Å². The highest BCUT2D eigenvalue weighted by molar-refractivity contribution is 9.10. The van der Waals surface area contributed by atoms with Crippen LogP contribution < -0.4 is 5.48 Å². The molecule has 12 heavy (non-hydrogen) atoms. The monoisotopic (exact) mass is 229 g/mol. The first-order valence-electron chi connectivity index (χ1n) is 3.77. The molecule has 66 valence electrons. The molecule has 0 aromatic heterocycles. The van der Waals surface area contributed by atoms with E-state index >= 15 is 0 Å². The van der Waals surface area contributed by atoms with Crippen molar-refractivity contribution in [2.45, 2.75) is 20.4 Å². The van der Waals surface area contributed by atoms with Crippen LogP contribution in [0.1, 0.15) is 16.7 Å². The normalized spacial score (nSPS) is 10.3. The van der Waals surface area contributed by atoms with E-state index < -0.39 is 0 Å². The molecule has 0 aliphatic rings. The molecular weight excluding hydrogens is 218 g/mol. The van der Waals surface area contributed by atoms with Crippen molar-refractivity contribution in [2.24, 2.45) is 0 Å². The maximum atomic E-state index is 8.51. The lowest BCUT2D eigenvalue weighted by Crippen LogP contribution is -2.06. The van der Waals surface area contributed by atoms with Crippen LogP contribution in [-0.2, 0) is 6.54 Å². The Hall–Kier alpha value is -0.380. The molecule has 1 aromatic rings. The number of benzene rings is 1. The van der Waals surface area contributed by atoms with Gasteiger partial charge >= 0.3 is 0 Å². The molecule has 2 N–H and O–H groups in total. The van der Waals surface area contributed by atoms with Gasteiger partial charge in [-0.25, -0.2) is 5.48 Å². The highest BCUT2D eigenvalue weighted by Gasteiger charge is 2.01. The molecule has 1 aromatic carbocycles. The van der Waals surface area contributed by atoms with E-state index in [0.29, 0.717) is 6.54 Å². The second-order valence-electron chi connectivity index (χ2n) is 2.88. The second-order valence-corrected chi connectivity index (χ2v) is 3.67. The molecule has 0 unspecified atom stereocenters. The summed E-state index contributed by atoms with van der Waals surface area (Å²) in [6.07, 6.45) is 0. The van der Waals surface area contributed by atoms with Gasteiger partial charge in [0.25, 0.3) is 0 Å². The number of hydroxylamine groups is 1. The van der Waals surface area contributed by atoms with E-state index in [1.54, 1.807) is 0 Å². The minimum atomic E-state index is 0.495. The SMILES string of the molecule is Cc1cc(CNO)cc(C)c1Br. The average Bonchev–Trinajstić information content (AvgIpc) is 2.01. The molecule has 3 heteroatoms. The van der Waals surface area contributed by atoms with Crippen LogP contribution in [0, 0.1) is 13.8 Å². The third-order valence-electron chi connectivity index (χ3n) is 1.78. The van der Waals surface area contributed by atoms with Crippen molar-refractivity contribution in [3.05, 3.63) is 33.3 Å². The van der Waals surface area contributed by atoms with Crippen molar-refractivity contribution in [3.63, 3.8) is 0 Å². The first-order chi connectivity index (χ1) is 5.65. The predicted octanol–water partition coefficient (Wildman–Crippen LogP) is 2.54. The maximum Gasteiger partial charge on any atom is 0.0458 e. The Morgan fingerprint density at radius 1 is 1.33 bits per heavy atom. The van der Waals surface area contributed by atoms with Crippen LogP contribution >= 0.6 is 15.9 Å². The number of halogens is 1. The van der Waals surface area contributed by atoms with E-state index in [4.69, 9.17) is 5.21 Å². The summed E-state index contributed by atoms with van der Waals surface area (Å²) in [6.45, 7) is 4.57. The minimum absolute atomic E-state index is 0.495. The number of hydrogen-bond donors (Lipinski definition) is 2. The summed E-state index contributed by atoms with van der Waals surface area (Å²) in [4.78, 5) is 0. The van der Waals surface area contributed by atoms with Crippen molar-refractivity contribution in [3.8, 4) is 0 Å². The molecule has 0 aliphatic carbocycles. The summed E-state index contributed by atoms with van der Waals surface area (Å²) >= 11 is 3.48. The molecule has 2 nitrogen and oxygen atoms in total. The fourth-order valence-electron chi connectivity index (χ4n) is 1.23. The fraction of sp³-hybridized carbons (Fsp3) is 0.333. The molecule has 0 radical (unpaired) electrons. The Morgan fingerprint density at radius 3 is 2.25 bits per heavy atom. The Labute approximate surface area is 80.7 Å². The van der Waals surface area contributed by atoms with E-state index in [2.05, 4.69) is 21.4 Å². The number of aryl methyl sites for hydroxylation is 2. The summed E-state index contributed by atoms with van der Waals surface area (Å²) in [5.74, 6) is 0. The second kappa shape index (κ2) is 4.03. The molecule has 0 bridgehead atoms. The molecule has 0 spiro atoms. The van der Waals surface area contributed by atoms with Gasteiger partial charge in [-0.05, 0) is 30.5 Å². The van der Waals surface area contributed by atoms with Gasteiger partial charge in [-0.2, -0.15) is 0 Å². The van der Waals surface area contributed by atoms with Crippen molar-refractivity contribution in [1.82, 2.24) is 5.48 Å². The van der Waals surface area contributed by atoms with Gasteiger partial charge < -0.3 is 5.21 Å². The minimum Gasteiger partial charge on any atom is -0.316 e. The Bertz CT molecular complexity index is 263. The van der Waals surface area contributed by atoms with E-state index in [9.17, 15) is 0 Å². The molecular formula is C9H12BrNO. The molecule has 0 aliphatic heterocycles. The van der Waals surface area contributed by atoms with Gasteiger partial charge in [0.15, 0.2) is 0 Å². The van der Waals surface area contributed by atoms with Crippen molar-refractivity contribution < 1.29 is 5.21 Å². The Balaban J connectivity index is 3.04. The zero-order valence-electron chi connectivity index (χ0n) is 7.19. The lowest BCUT2D eigenvalue weighted by atomic mass is 10.1. The maximum absolute atomic E-state index is 8.51. The third-order valence-corrected chi connectivity index (χ3v) is 3.03. The van der Waals surface area contributed by atoms with Crippen LogP contribution in [0.15, 0.2) is 16.6 Å². The zero-order valence-corrected chi connectivity index (χ0v) is 8.77. The quantitative estimate of drug-likeness (QED) is 0.765. The molecule has 0 heterocycles. The Kier molecular flexibility index (Phi) is 3.26. The van der Waals surface area contributed by atoms with Crippen LogP contribution in [0.3, 0.4) is 0 Å². The molecule has 0 saturated heterocycles. The summed E-state index contributed by atoms with van der Waals surface area (Å²) in [5.41, 5.74) is 5.63. The fourth-order valence-corrected chi connectivity index (χ4v) is 1.46. The topological polar surface area (TPSA) is 32.3 Å². The van der Waals surface area contributed by atoms with Gasteiger partial charge in [0, 0.05) is 11.0 Å². The first kappa shape index (κ1) is 9.71. The van der Waals surface area contributed by atoms with E-state index in [1.165, 1.54) is 11.1 Å². The average molecular weight is 230 g/mol. The van der Waals surface area contributed by atoms with Crippen molar-refractivity contribution in [2.75, 3.05) is 0 Å². The molecule has 0 saturated carbocycles. The van der Waals surface area contributed by atoms with E-state index in [-0.39, 0.29) is 0 Å². The highest BCUT2D eigenvalue weighted by Crippen LogP contribution is 2.22. The van der Waals surface area contributed by atoms with E-state index in [0.717, 1.165) is 10.0 Å². The van der Waals surface area contributed by atoms with Crippen LogP contribution in [0.2, 0.25) is 0 Å². The summed E-state index contributed by atoms with van der Waals surface area (Å²) < 4.78 is 1.14. The van der Waals surface area contributed by atoms with E-state index in [1.807, 2.05) is 26.0 Å². The zero-order chi connectivity index (χ0) is 9.14.